The van der Waals surface area contributed by atoms with Crippen LogP contribution in [0.2, 0.25) is 0 Å². The molecule has 0 unspecified atom stereocenters. The van der Waals surface area contributed by atoms with Crippen molar-refractivity contribution in [2.45, 2.75) is 10.9 Å². The van der Waals surface area contributed by atoms with Crippen LogP contribution in [0.15, 0.2) is 39.7 Å². The second-order valence-corrected chi connectivity index (χ2v) is 6.82. The molecule has 3 aromatic rings. The predicted molar refractivity (Wildman–Crippen MR) is 95.1 cm³/mol. The van der Waals surface area contributed by atoms with Crippen LogP contribution in [-0.4, -0.2) is 33.8 Å². The van der Waals surface area contributed by atoms with E-state index in [4.69, 9.17) is 4.74 Å². The molecule has 0 aliphatic rings. The Bertz CT molecular complexity index is 951. The fourth-order valence-corrected chi connectivity index (χ4v) is 3.58. The number of carbonyl (C=O) groups is 1. The maximum absolute atomic E-state index is 12.4. The lowest BCUT2D eigenvalue weighted by atomic mass is 10.3. The van der Waals surface area contributed by atoms with Crippen LogP contribution >= 0.6 is 23.1 Å². The van der Waals surface area contributed by atoms with Crippen LogP contribution in [0.3, 0.4) is 0 Å². The topological polar surface area (TPSA) is 86.1 Å². The summed E-state index contributed by atoms with van der Waals surface area (Å²) < 4.78 is 7.68. The van der Waals surface area contributed by atoms with Crippen LogP contribution in [0.5, 0.6) is 5.75 Å². The average Bonchev–Trinajstić information content (AvgIpc) is 3.02. The molecule has 0 fully saturated rings. The van der Waals surface area contributed by atoms with Gasteiger partial charge in [0.05, 0.1) is 12.8 Å². The quantitative estimate of drug-likeness (QED) is 0.701. The van der Waals surface area contributed by atoms with E-state index in [0.29, 0.717) is 21.8 Å². The van der Waals surface area contributed by atoms with Crippen molar-refractivity contribution in [1.82, 2.24) is 14.5 Å². The second kappa shape index (κ2) is 7.02. The molecule has 1 amide bonds. The zero-order chi connectivity index (χ0) is 17.1. The van der Waals surface area contributed by atoms with Crippen LogP contribution in [0.25, 0.3) is 10.3 Å². The van der Waals surface area contributed by atoms with E-state index >= 15 is 0 Å². The standard InChI is InChI=1S/C15H14N4O3S2/c1-22-10-6-4-3-5-9(10)17-11(20)7-19-8-16-13-12(14(19)21)24-15(18-13)23-2/h3-6,8H,7H2,1-2H3,(H,17,20). The number of para-hydroxylation sites is 2. The highest BCUT2D eigenvalue weighted by Crippen LogP contribution is 2.24. The van der Waals surface area contributed by atoms with Crippen LogP contribution in [0, 0.1) is 0 Å². The van der Waals surface area contributed by atoms with Gasteiger partial charge in [0.2, 0.25) is 5.91 Å². The highest BCUT2D eigenvalue weighted by Gasteiger charge is 2.13. The summed E-state index contributed by atoms with van der Waals surface area (Å²) >= 11 is 2.73. The number of amides is 1. The van der Waals surface area contributed by atoms with Gasteiger partial charge in [-0.1, -0.05) is 23.9 Å². The monoisotopic (exact) mass is 362 g/mol. The van der Waals surface area contributed by atoms with E-state index in [-0.39, 0.29) is 18.0 Å². The number of hydrogen-bond acceptors (Lipinski definition) is 7. The number of thioether (sulfide) groups is 1. The molecule has 0 saturated heterocycles. The molecule has 7 nitrogen and oxygen atoms in total. The Kier molecular flexibility index (Phi) is 4.81. The third-order valence-corrected chi connectivity index (χ3v) is 5.25. The number of methoxy groups -OCH3 is 1. The number of thiazole rings is 1. The van der Waals surface area contributed by atoms with Crippen molar-refractivity contribution < 1.29 is 9.53 Å². The van der Waals surface area contributed by atoms with Crippen molar-refractivity contribution in [2.75, 3.05) is 18.7 Å². The Hall–Kier alpha value is -2.39. The molecule has 3 rings (SSSR count). The predicted octanol–water partition coefficient (Wildman–Crippen LogP) is 2.22. The lowest BCUT2D eigenvalue weighted by Gasteiger charge is -2.10. The molecule has 0 radical (unpaired) electrons. The lowest BCUT2D eigenvalue weighted by molar-refractivity contribution is -0.116. The van der Waals surface area contributed by atoms with Gasteiger partial charge in [0.25, 0.3) is 5.56 Å². The van der Waals surface area contributed by atoms with Gasteiger partial charge in [-0.15, -0.1) is 11.3 Å². The number of carbonyl (C=O) groups excluding carboxylic acids is 1. The summed E-state index contributed by atoms with van der Waals surface area (Å²) in [6.07, 6.45) is 3.23. The molecular formula is C15H14N4O3S2. The van der Waals surface area contributed by atoms with E-state index < -0.39 is 0 Å². The Labute approximate surface area is 145 Å². The van der Waals surface area contributed by atoms with E-state index in [9.17, 15) is 9.59 Å². The SMILES string of the molecule is COc1ccccc1NC(=O)Cn1cnc2nc(SC)sc2c1=O. The number of rotatable bonds is 5. The van der Waals surface area contributed by atoms with Crippen molar-refractivity contribution in [1.29, 1.82) is 0 Å². The first kappa shape index (κ1) is 16.5. The lowest BCUT2D eigenvalue weighted by Crippen LogP contribution is -2.27. The number of nitrogens with zero attached hydrogens (tertiary/aromatic N) is 3. The summed E-state index contributed by atoms with van der Waals surface area (Å²) in [7, 11) is 1.53. The van der Waals surface area contributed by atoms with Gasteiger partial charge in [0, 0.05) is 0 Å². The molecule has 9 heteroatoms. The Morgan fingerprint density at radius 2 is 2.21 bits per heavy atom. The highest BCUT2D eigenvalue weighted by atomic mass is 32.2. The summed E-state index contributed by atoms with van der Waals surface area (Å²) in [6.45, 7) is -0.133. The molecule has 0 saturated carbocycles. The summed E-state index contributed by atoms with van der Waals surface area (Å²) in [4.78, 5) is 33.1. The zero-order valence-corrected chi connectivity index (χ0v) is 14.6. The maximum Gasteiger partial charge on any atom is 0.273 e. The minimum atomic E-state index is -0.336. The normalized spacial score (nSPS) is 10.8. The smallest absolute Gasteiger partial charge is 0.273 e. The third-order valence-electron chi connectivity index (χ3n) is 3.23. The number of aromatic nitrogens is 3. The van der Waals surface area contributed by atoms with Gasteiger partial charge in [-0.3, -0.25) is 14.2 Å². The summed E-state index contributed by atoms with van der Waals surface area (Å²) in [5, 5.41) is 2.73. The Balaban J connectivity index is 1.83. The minimum Gasteiger partial charge on any atom is -0.495 e. The maximum atomic E-state index is 12.4. The first-order chi connectivity index (χ1) is 11.6. The van der Waals surface area contributed by atoms with E-state index in [0.717, 1.165) is 4.34 Å². The summed E-state index contributed by atoms with van der Waals surface area (Å²) in [5.74, 6) is 0.219. The number of nitrogens with one attached hydrogen (secondary N) is 1. The van der Waals surface area contributed by atoms with Crippen LogP contribution in [0.1, 0.15) is 0 Å². The summed E-state index contributed by atoms with van der Waals surface area (Å²) in [5.41, 5.74) is 0.693. The molecule has 1 aromatic carbocycles. The number of hydrogen-bond donors (Lipinski definition) is 1. The van der Waals surface area contributed by atoms with E-state index in [1.165, 1.54) is 41.1 Å². The first-order valence-corrected chi connectivity index (χ1v) is 8.99. The van der Waals surface area contributed by atoms with E-state index in [2.05, 4.69) is 15.3 Å². The van der Waals surface area contributed by atoms with Crippen LogP contribution in [-0.2, 0) is 11.3 Å². The molecule has 0 aliphatic heterocycles. The largest absolute Gasteiger partial charge is 0.495 e. The molecule has 0 atom stereocenters. The molecule has 2 aromatic heterocycles. The molecule has 24 heavy (non-hydrogen) atoms. The molecule has 124 valence electrons. The average molecular weight is 362 g/mol. The van der Waals surface area contributed by atoms with Crippen LogP contribution < -0.4 is 15.6 Å². The highest BCUT2D eigenvalue weighted by molar-refractivity contribution is 8.00. The van der Waals surface area contributed by atoms with Gasteiger partial charge in [-0.05, 0) is 18.4 Å². The molecule has 0 bridgehead atoms. The van der Waals surface area contributed by atoms with Gasteiger partial charge < -0.3 is 10.1 Å². The number of benzene rings is 1. The van der Waals surface area contributed by atoms with Gasteiger partial charge in [0.1, 0.15) is 23.3 Å². The van der Waals surface area contributed by atoms with E-state index in [1.807, 2.05) is 12.3 Å². The molecule has 0 spiro atoms. The fourth-order valence-electron chi connectivity index (χ4n) is 2.12. The van der Waals surface area contributed by atoms with Crippen LogP contribution in [0.4, 0.5) is 5.69 Å². The zero-order valence-electron chi connectivity index (χ0n) is 13.0. The van der Waals surface area contributed by atoms with Crippen molar-refractivity contribution in [3.8, 4) is 5.75 Å². The second-order valence-electron chi connectivity index (χ2n) is 4.76. The fraction of sp³-hybridized carbons (Fsp3) is 0.200. The van der Waals surface area contributed by atoms with Gasteiger partial charge in [-0.25, -0.2) is 9.97 Å². The number of ether oxygens (including phenoxy) is 1. The van der Waals surface area contributed by atoms with Gasteiger partial charge >= 0.3 is 0 Å². The Morgan fingerprint density at radius 1 is 1.42 bits per heavy atom. The molecule has 2 heterocycles. The van der Waals surface area contributed by atoms with Crippen molar-refractivity contribution in [3.63, 3.8) is 0 Å². The number of fused-ring (bicyclic) bond motifs is 1. The van der Waals surface area contributed by atoms with Crippen molar-refractivity contribution in [3.05, 3.63) is 40.9 Å². The number of anilines is 1. The first-order valence-electron chi connectivity index (χ1n) is 6.95. The van der Waals surface area contributed by atoms with E-state index in [1.54, 1.807) is 18.2 Å². The van der Waals surface area contributed by atoms with Crippen molar-refractivity contribution in [2.24, 2.45) is 0 Å². The Morgan fingerprint density at radius 3 is 2.96 bits per heavy atom. The summed E-state index contributed by atoms with van der Waals surface area (Å²) in [6, 6.07) is 7.08. The molecule has 1 N–H and O–H groups in total. The molecular weight excluding hydrogens is 348 g/mol. The van der Waals surface area contributed by atoms with Gasteiger partial charge in [0.15, 0.2) is 9.99 Å². The van der Waals surface area contributed by atoms with Crippen molar-refractivity contribution >= 4 is 45.0 Å². The minimum absolute atomic E-state index is 0.133. The van der Waals surface area contributed by atoms with Gasteiger partial charge in [-0.2, -0.15) is 0 Å². The molecule has 0 aliphatic carbocycles. The third kappa shape index (κ3) is 3.26.